The maximum Gasteiger partial charge on any atom is 0.256 e. The van der Waals surface area contributed by atoms with Gasteiger partial charge in [-0.2, -0.15) is 4.39 Å². The van der Waals surface area contributed by atoms with Gasteiger partial charge >= 0.3 is 0 Å². The second-order valence-electron chi connectivity index (χ2n) is 3.54. The molecule has 92 valence electrons. The molecule has 1 heterocycles. The van der Waals surface area contributed by atoms with E-state index in [9.17, 15) is 9.18 Å². The number of carbonyl (C=O) groups excluding carboxylic acids is 1. The number of hydrogen-bond acceptors (Lipinski definition) is 3. The molecular formula is C12H9ClFN3O. The van der Waals surface area contributed by atoms with Crippen LogP contribution in [0.1, 0.15) is 10.4 Å². The van der Waals surface area contributed by atoms with Crippen LogP contribution in [0.2, 0.25) is 5.02 Å². The molecule has 0 saturated heterocycles. The smallest absolute Gasteiger partial charge is 0.256 e. The zero-order valence-electron chi connectivity index (χ0n) is 9.15. The van der Waals surface area contributed by atoms with Crippen molar-refractivity contribution in [2.75, 3.05) is 11.1 Å². The molecule has 0 unspecified atom stereocenters. The van der Waals surface area contributed by atoms with Crippen molar-refractivity contribution in [2.45, 2.75) is 0 Å². The first kappa shape index (κ1) is 12.3. The Morgan fingerprint density at radius 2 is 2.11 bits per heavy atom. The Labute approximate surface area is 108 Å². The molecule has 2 rings (SSSR count). The van der Waals surface area contributed by atoms with Crippen LogP contribution in [0, 0.1) is 5.95 Å². The molecule has 18 heavy (non-hydrogen) atoms. The second-order valence-corrected chi connectivity index (χ2v) is 3.94. The van der Waals surface area contributed by atoms with Crippen molar-refractivity contribution in [1.29, 1.82) is 0 Å². The van der Waals surface area contributed by atoms with Gasteiger partial charge in [-0.1, -0.05) is 17.7 Å². The zero-order valence-corrected chi connectivity index (χ0v) is 9.91. The van der Waals surface area contributed by atoms with Crippen molar-refractivity contribution in [3.05, 3.63) is 52.9 Å². The molecule has 1 amide bonds. The first-order valence-electron chi connectivity index (χ1n) is 5.05. The van der Waals surface area contributed by atoms with E-state index in [4.69, 9.17) is 17.3 Å². The molecule has 0 bridgehead atoms. The third-order valence-electron chi connectivity index (χ3n) is 2.21. The lowest BCUT2D eigenvalue weighted by atomic mass is 10.2. The number of benzene rings is 1. The van der Waals surface area contributed by atoms with Gasteiger partial charge in [-0.05, 0) is 30.3 Å². The minimum absolute atomic E-state index is 0.133. The third kappa shape index (κ3) is 2.75. The van der Waals surface area contributed by atoms with E-state index in [2.05, 4.69) is 10.3 Å². The predicted octanol–water partition coefficient (Wildman–Crippen LogP) is 2.71. The van der Waals surface area contributed by atoms with E-state index in [1.165, 1.54) is 36.4 Å². The predicted molar refractivity (Wildman–Crippen MR) is 68.0 cm³/mol. The average molecular weight is 266 g/mol. The summed E-state index contributed by atoms with van der Waals surface area (Å²) in [5, 5.41) is 2.83. The van der Waals surface area contributed by atoms with Crippen LogP contribution in [-0.2, 0) is 0 Å². The summed E-state index contributed by atoms with van der Waals surface area (Å²) in [7, 11) is 0. The molecular weight excluding hydrogens is 257 g/mol. The molecule has 0 aliphatic rings. The molecule has 1 aromatic carbocycles. The largest absolute Gasteiger partial charge is 0.398 e. The van der Waals surface area contributed by atoms with Gasteiger partial charge in [0, 0.05) is 5.56 Å². The number of carbonyl (C=O) groups is 1. The number of rotatable bonds is 2. The maximum absolute atomic E-state index is 12.8. The fourth-order valence-corrected chi connectivity index (χ4v) is 1.47. The van der Waals surface area contributed by atoms with Gasteiger partial charge in [-0.3, -0.25) is 4.79 Å². The quantitative estimate of drug-likeness (QED) is 0.648. The summed E-state index contributed by atoms with van der Waals surface area (Å²) in [5.41, 5.74) is 6.21. The van der Waals surface area contributed by atoms with Gasteiger partial charge < -0.3 is 11.1 Å². The van der Waals surface area contributed by atoms with Crippen molar-refractivity contribution in [2.24, 2.45) is 0 Å². The van der Waals surface area contributed by atoms with Gasteiger partial charge in [0.25, 0.3) is 5.91 Å². The summed E-state index contributed by atoms with van der Waals surface area (Å²) in [5.74, 6) is -0.964. The van der Waals surface area contributed by atoms with Gasteiger partial charge in [0.15, 0.2) is 0 Å². The highest BCUT2D eigenvalue weighted by molar-refractivity contribution is 6.33. The van der Waals surface area contributed by atoms with Crippen molar-refractivity contribution in [1.82, 2.24) is 4.98 Å². The number of amides is 1. The van der Waals surface area contributed by atoms with Gasteiger partial charge in [0.2, 0.25) is 5.95 Å². The Kier molecular flexibility index (Phi) is 3.43. The fourth-order valence-electron chi connectivity index (χ4n) is 1.35. The lowest BCUT2D eigenvalue weighted by molar-refractivity contribution is 0.102. The minimum atomic E-state index is -0.663. The number of anilines is 2. The highest BCUT2D eigenvalue weighted by Gasteiger charge is 2.08. The zero-order chi connectivity index (χ0) is 13.1. The lowest BCUT2D eigenvalue weighted by Gasteiger charge is -2.05. The van der Waals surface area contributed by atoms with Gasteiger partial charge in [0.1, 0.15) is 5.82 Å². The van der Waals surface area contributed by atoms with Crippen LogP contribution in [0.25, 0.3) is 0 Å². The first-order chi connectivity index (χ1) is 8.56. The van der Waals surface area contributed by atoms with E-state index in [-0.39, 0.29) is 5.82 Å². The molecule has 3 N–H and O–H groups in total. The third-order valence-corrected chi connectivity index (χ3v) is 2.56. The number of aromatic nitrogens is 1. The summed E-state index contributed by atoms with van der Waals surface area (Å²) in [6.45, 7) is 0. The molecule has 6 heteroatoms. The Morgan fingerprint density at radius 1 is 1.33 bits per heavy atom. The molecule has 0 aliphatic heterocycles. The summed E-state index contributed by atoms with van der Waals surface area (Å²) in [6, 6.07) is 8.61. The number of nitrogens with two attached hydrogens (primary N) is 1. The highest BCUT2D eigenvalue weighted by Crippen LogP contribution is 2.20. The Morgan fingerprint density at radius 3 is 2.78 bits per heavy atom. The normalized spacial score (nSPS) is 10.1. The van der Waals surface area contributed by atoms with Crippen molar-refractivity contribution in [3.8, 4) is 0 Å². The summed E-state index contributed by atoms with van der Waals surface area (Å²) in [6.07, 6.45) is 0. The minimum Gasteiger partial charge on any atom is -0.398 e. The summed E-state index contributed by atoms with van der Waals surface area (Å²) in [4.78, 5) is 15.3. The van der Waals surface area contributed by atoms with Crippen LogP contribution in [0.3, 0.4) is 0 Å². The van der Waals surface area contributed by atoms with Crippen LogP contribution < -0.4 is 11.1 Å². The Bertz CT molecular complexity index is 604. The number of halogens is 2. The van der Waals surface area contributed by atoms with Crippen molar-refractivity contribution >= 4 is 29.0 Å². The monoisotopic (exact) mass is 265 g/mol. The summed E-state index contributed by atoms with van der Waals surface area (Å²) < 4.78 is 12.8. The van der Waals surface area contributed by atoms with E-state index in [0.717, 1.165) is 0 Å². The fraction of sp³-hybridized carbons (Fsp3) is 0. The van der Waals surface area contributed by atoms with E-state index >= 15 is 0 Å². The highest BCUT2D eigenvalue weighted by atomic mass is 35.5. The van der Waals surface area contributed by atoms with Crippen LogP contribution in [-0.4, -0.2) is 10.9 Å². The number of hydrogen-bond donors (Lipinski definition) is 2. The number of nitrogen functional groups attached to an aromatic ring is 1. The molecule has 0 spiro atoms. The second kappa shape index (κ2) is 5.01. The van der Waals surface area contributed by atoms with Crippen LogP contribution in [0.4, 0.5) is 15.9 Å². The molecule has 0 saturated carbocycles. The number of nitrogens with zero attached hydrogens (tertiary/aromatic N) is 1. The van der Waals surface area contributed by atoms with E-state index in [1.54, 1.807) is 0 Å². The SMILES string of the molecule is Nc1cc(C(=O)Nc2cccc(F)n2)ccc1Cl. The van der Waals surface area contributed by atoms with Crippen LogP contribution in [0.15, 0.2) is 36.4 Å². The lowest BCUT2D eigenvalue weighted by Crippen LogP contribution is -2.13. The van der Waals surface area contributed by atoms with E-state index < -0.39 is 11.9 Å². The average Bonchev–Trinajstić information content (AvgIpc) is 2.32. The van der Waals surface area contributed by atoms with Crippen LogP contribution in [0.5, 0.6) is 0 Å². The van der Waals surface area contributed by atoms with Gasteiger partial charge in [-0.25, -0.2) is 4.98 Å². The van der Waals surface area contributed by atoms with Crippen molar-refractivity contribution in [3.63, 3.8) is 0 Å². The molecule has 4 nitrogen and oxygen atoms in total. The number of pyridine rings is 1. The maximum atomic E-state index is 12.8. The van der Waals surface area contributed by atoms with Gasteiger partial charge in [-0.15, -0.1) is 0 Å². The Hall–Kier alpha value is -2.14. The first-order valence-corrected chi connectivity index (χ1v) is 5.43. The van der Waals surface area contributed by atoms with Gasteiger partial charge in [0.05, 0.1) is 10.7 Å². The topological polar surface area (TPSA) is 68.0 Å². The molecule has 2 aromatic rings. The van der Waals surface area contributed by atoms with E-state index in [1.807, 2.05) is 0 Å². The van der Waals surface area contributed by atoms with Crippen LogP contribution >= 0.6 is 11.6 Å². The molecule has 0 radical (unpaired) electrons. The Balaban J connectivity index is 2.19. The molecule has 0 fully saturated rings. The summed E-state index contributed by atoms with van der Waals surface area (Å²) >= 11 is 5.75. The van der Waals surface area contributed by atoms with E-state index in [0.29, 0.717) is 16.3 Å². The standard InChI is InChI=1S/C12H9ClFN3O/c13-8-5-4-7(6-9(8)15)12(18)17-11-3-1-2-10(14)16-11/h1-6H,15H2,(H,16,17,18). The molecule has 0 aliphatic carbocycles. The molecule has 1 aromatic heterocycles. The molecule has 0 atom stereocenters. The van der Waals surface area contributed by atoms with Crippen molar-refractivity contribution < 1.29 is 9.18 Å². The number of nitrogens with one attached hydrogen (secondary N) is 1.